The third-order valence-electron chi connectivity index (χ3n) is 3.87. The van der Waals surface area contributed by atoms with Gasteiger partial charge in [-0.2, -0.15) is 0 Å². The monoisotopic (exact) mass is 377 g/mol. The van der Waals surface area contributed by atoms with Crippen LogP contribution in [0.15, 0.2) is 72.0 Å². The van der Waals surface area contributed by atoms with E-state index in [-0.39, 0.29) is 16.9 Å². The summed E-state index contributed by atoms with van der Waals surface area (Å²) in [7, 11) is 0. The molecule has 0 saturated heterocycles. The molecule has 0 aliphatic rings. The van der Waals surface area contributed by atoms with Crippen LogP contribution in [-0.2, 0) is 4.79 Å². The lowest BCUT2D eigenvalue weighted by Gasteiger charge is -2.11. The number of aromatic nitrogens is 2. The van der Waals surface area contributed by atoms with E-state index >= 15 is 0 Å². The van der Waals surface area contributed by atoms with Crippen LogP contribution in [0.25, 0.3) is 11.3 Å². The molecule has 3 aromatic rings. The predicted molar refractivity (Wildman–Crippen MR) is 108 cm³/mol. The van der Waals surface area contributed by atoms with Crippen molar-refractivity contribution >= 4 is 29.1 Å². The fourth-order valence-corrected chi connectivity index (χ4v) is 3.45. The van der Waals surface area contributed by atoms with E-state index in [0.29, 0.717) is 11.3 Å². The highest BCUT2D eigenvalue weighted by atomic mass is 32.2. The van der Waals surface area contributed by atoms with Crippen LogP contribution in [0.4, 0.5) is 5.69 Å². The fourth-order valence-electron chi connectivity index (χ4n) is 2.56. The predicted octanol–water partition coefficient (Wildman–Crippen LogP) is 4.47. The first kappa shape index (κ1) is 18.8. The lowest BCUT2D eigenvalue weighted by Crippen LogP contribution is -2.14. The molecule has 1 aromatic heterocycles. The van der Waals surface area contributed by atoms with E-state index in [1.54, 1.807) is 24.3 Å². The van der Waals surface area contributed by atoms with Crippen LogP contribution in [0, 0.1) is 0 Å². The van der Waals surface area contributed by atoms with Gasteiger partial charge in [0.15, 0.2) is 5.78 Å². The zero-order valence-electron chi connectivity index (χ0n) is 15.0. The topological polar surface area (TPSA) is 72.0 Å². The smallest absolute Gasteiger partial charge is 0.221 e. The summed E-state index contributed by atoms with van der Waals surface area (Å²) < 4.78 is 0. The van der Waals surface area contributed by atoms with Crippen LogP contribution in [-0.4, -0.2) is 26.9 Å². The van der Waals surface area contributed by atoms with Gasteiger partial charge in [-0.25, -0.2) is 9.97 Å². The van der Waals surface area contributed by atoms with Gasteiger partial charge in [-0.1, -0.05) is 42.1 Å². The van der Waals surface area contributed by atoms with E-state index in [1.807, 2.05) is 43.3 Å². The molecule has 6 heteroatoms. The Morgan fingerprint density at radius 1 is 1.00 bits per heavy atom. The molecule has 0 aliphatic carbocycles. The van der Waals surface area contributed by atoms with Crippen molar-refractivity contribution in [1.82, 2.24) is 9.97 Å². The van der Waals surface area contributed by atoms with Gasteiger partial charge in [-0.05, 0) is 37.3 Å². The van der Waals surface area contributed by atoms with Crippen LogP contribution >= 0.6 is 11.8 Å². The third kappa shape index (κ3) is 5.01. The molecule has 2 aromatic carbocycles. The number of ketones is 1. The van der Waals surface area contributed by atoms with Crippen molar-refractivity contribution in [3.8, 4) is 11.3 Å². The van der Waals surface area contributed by atoms with Crippen molar-refractivity contribution in [2.24, 2.45) is 0 Å². The van der Waals surface area contributed by atoms with Crippen LogP contribution in [0.3, 0.4) is 0 Å². The minimum Gasteiger partial charge on any atom is -0.326 e. The average molecular weight is 377 g/mol. The number of carbonyl (C=O) groups excluding carboxylic acids is 2. The number of nitrogens with one attached hydrogen (secondary N) is 1. The van der Waals surface area contributed by atoms with Gasteiger partial charge in [0.25, 0.3) is 0 Å². The van der Waals surface area contributed by atoms with E-state index in [0.717, 1.165) is 16.3 Å². The maximum absolute atomic E-state index is 12.7. The number of Topliss-reactive ketones (excluding diaryl/α,β-unsaturated/α-hetero) is 1. The fraction of sp³-hybridized carbons (Fsp3) is 0.143. The zero-order valence-corrected chi connectivity index (χ0v) is 15.9. The standard InChI is InChI=1S/C21H19N3O2S/c1-14(21(26)17-8-10-18(11-9-17)24-15(2)25)27-20-12-19(22-13-23-20)16-6-4-3-5-7-16/h3-14H,1-2H3,(H,24,25)/t14-/m0/s1. The van der Waals surface area contributed by atoms with Gasteiger partial charge in [-0.15, -0.1) is 0 Å². The molecule has 0 saturated carbocycles. The first-order valence-electron chi connectivity index (χ1n) is 8.49. The van der Waals surface area contributed by atoms with E-state index in [2.05, 4.69) is 15.3 Å². The molecule has 3 rings (SSSR count). The lowest BCUT2D eigenvalue weighted by molar-refractivity contribution is -0.114. The Kier molecular flexibility index (Phi) is 5.98. The number of benzene rings is 2. The molecular formula is C21H19N3O2S. The quantitative estimate of drug-likeness (QED) is 0.390. The van der Waals surface area contributed by atoms with E-state index in [4.69, 9.17) is 0 Å². The summed E-state index contributed by atoms with van der Waals surface area (Å²) in [5.41, 5.74) is 3.10. The van der Waals surface area contributed by atoms with Crippen molar-refractivity contribution in [2.45, 2.75) is 24.1 Å². The summed E-state index contributed by atoms with van der Waals surface area (Å²) in [5, 5.41) is 3.14. The van der Waals surface area contributed by atoms with E-state index < -0.39 is 0 Å². The molecule has 0 fully saturated rings. The van der Waals surface area contributed by atoms with Crippen molar-refractivity contribution in [2.75, 3.05) is 5.32 Å². The SMILES string of the molecule is CC(=O)Nc1ccc(C(=O)[C@H](C)Sc2cc(-c3ccccc3)ncn2)cc1. The molecule has 1 heterocycles. The molecule has 27 heavy (non-hydrogen) atoms. The first-order chi connectivity index (χ1) is 13.0. The van der Waals surface area contributed by atoms with Gasteiger partial charge < -0.3 is 5.32 Å². The molecular weight excluding hydrogens is 358 g/mol. The summed E-state index contributed by atoms with van der Waals surface area (Å²) in [4.78, 5) is 32.4. The van der Waals surface area contributed by atoms with Gasteiger partial charge in [0.1, 0.15) is 11.4 Å². The largest absolute Gasteiger partial charge is 0.326 e. The molecule has 1 N–H and O–H groups in total. The summed E-state index contributed by atoms with van der Waals surface area (Å²) >= 11 is 1.40. The Morgan fingerprint density at radius 2 is 1.70 bits per heavy atom. The second-order valence-electron chi connectivity index (χ2n) is 5.99. The van der Waals surface area contributed by atoms with Crippen molar-refractivity contribution in [3.63, 3.8) is 0 Å². The maximum Gasteiger partial charge on any atom is 0.221 e. The number of anilines is 1. The molecule has 1 atom stereocenters. The second-order valence-corrected chi connectivity index (χ2v) is 7.35. The highest BCUT2D eigenvalue weighted by Gasteiger charge is 2.17. The molecule has 0 spiro atoms. The number of amides is 1. The number of hydrogen-bond donors (Lipinski definition) is 1. The summed E-state index contributed by atoms with van der Waals surface area (Å²) in [6.07, 6.45) is 1.52. The lowest BCUT2D eigenvalue weighted by atomic mass is 10.1. The molecule has 5 nitrogen and oxygen atoms in total. The van der Waals surface area contributed by atoms with Crippen LogP contribution in [0.5, 0.6) is 0 Å². The van der Waals surface area contributed by atoms with Crippen LogP contribution in [0.1, 0.15) is 24.2 Å². The van der Waals surface area contributed by atoms with E-state index in [1.165, 1.54) is 25.0 Å². The van der Waals surface area contributed by atoms with E-state index in [9.17, 15) is 9.59 Å². The van der Waals surface area contributed by atoms with Crippen molar-refractivity contribution in [3.05, 3.63) is 72.6 Å². The summed E-state index contributed by atoms with van der Waals surface area (Å²) in [6, 6.07) is 18.6. The Bertz CT molecular complexity index is 943. The number of carbonyl (C=O) groups is 2. The molecule has 0 radical (unpaired) electrons. The molecule has 0 bridgehead atoms. The molecule has 1 amide bonds. The number of thioether (sulfide) groups is 1. The minimum absolute atomic E-state index is 0.00856. The average Bonchev–Trinajstić information content (AvgIpc) is 2.68. The van der Waals surface area contributed by atoms with Gasteiger partial charge in [0.2, 0.25) is 5.91 Å². The van der Waals surface area contributed by atoms with Gasteiger partial charge in [0, 0.05) is 23.7 Å². The Hall–Kier alpha value is -2.99. The second kappa shape index (κ2) is 8.60. The number of nitrogens with zero attached hydrogens (tertiary/aromatic N) is 2. The molecule has 0 unspecified atom stereocenters. The first-order valence-corrected chi connectivity index (χ1v) is 9.37. The summed E-state index contributed by atoms with van der Waals surface area (Å²) in [6.45, 7) is 3.31. The Morgan fingerprint density at radius 3 is 2.37 bits per heavy atom. The molecule has 0 aliphatic heterocycles. The Balaban J connectivity index is 1.70. The van der Waals surface area contributed by atoms with Crippen LogP contribution < -0.4 is 5.32 Å². The summed E-state index contributed by atoms with van der Waals surface area (Å²) in [5.74, 6) is -0.134. The number of hydrogen-bond acceptors (Lipinski definition) is 5. The van der Waals surface area contributed by atoms with Gasteiger partial charge in [-0.3, -0.25) is 9.59 Å². The highest BCUT2D eigenvalue weighted by Crippen LogP contribution is 2.27. The zero-order chi connectivity index (χ0) is 19.2. The van der Waals surface area contributed by atoms with Gasteiger partial charge >= 0.3 is 0 Å². The maximum atomic E-state index is 12.7. The van der Waals surface area contributed by atoms with Crippen LogP contribution in [0.2, 0.25) is 0 Å². The minimum atomic E-state index is -0.296. The molecule has 136 valence electrons. The van der Waals surface area contributed by atoms with Crippen molar-refractivity contribution in [1.29, 1.82) is 0 Å². The number of rotatable bonds is 6. The Labute approximate surface area is 162 Å². The van der Waals surface area contributed by atoms with Crippen molar-refractivity contribution < 1.29 is 9.59 Å². The normalized spacial score (nSPS) is 11.6. The van der Waals surface area contributed by atoms with Gasteiger partial charge in [0.05, 0.1) is 10.9 Å². The highest BCUT2D eigenvalue weighted by molar-refractivity contribution is 8.00. The third-order valence-corrected chi connectivity index (χ3v) is 4.90.